The fraction of sp³-hybridized carbons (Fsp3) is 0.400. The smallest absolute Gasteiger partial charge is 0.184 e. The average Bonchev–Trinajstić information content (AvgIpc) is 3.46. The second-order valence-corrected chi connectivity index (χ2v) is 7.89. The predicted octanol–water partition coefficient (Wildman–Crippen LogP) is 3.69. The fourth-order valence-corrected chi connectivity index (χ4v) is 4.57. The molecule has 25 heavy (non-hydrogen) atoms. The van der Waals surface area contributed by atoms with E-state index in [0.29, 0.717) is 6.61 Å². The monoisotopic (exact) mass is 356 g/mol. The van der Waals surface area contributed by atoms with Gasteiger partial charge in [0, 0.05) is 10.5 Å². The molecule has 4 nitrogen and oxygen atoms in total. The SMILES string of the molecule is Cc1ccc(S[C@@H]2O[C@@H]3CO[C@@H](c4ccccc4)O[C@H]3[C@H]3O[C@H]32)cc1. The van der Waals surface area contributed by atoms with Crippen molar-refractivity contribution in [1.29, 1.82) is 0 Å². The number of hydrogen-bond acceptors (Lipinski definition) is 5. The molecule has 2 aromatic carbocycles. The van der Waals surface area contributed by atoms with Gasteiger partial charge in [-0.25, -0.2) is 0 Å². The summed E-state index contributed by atoms with van der Waals surface area (Å²) >= 11 is 1.72. The van der Waals surface area contributed by atoms with Gasteiger partial charge in [0.1, 0.15) is 29.9 Å². The second-order valence-electron chi connectivity index (χ2n) is 6.72. The molecule has 0 unspecified atom stereocenters. The van der Waals surface area contributed by atoms with Crippen LogP contribution >= 0.6 is 11.8 Å². The molecule has 3 saturated heterocycles. The number of rotatable bonds is 3. The van der Waals surface area contributed by atoms with Crippen molar-refractivity contribution in [2.45, 2.75) is 48.0 Å². The molecule has 3 aliphatic heterocycles. The minimum absolute atomic E-state index is 0.00516. The molecular weight excluding hydrogens is 336 g/mol. The summed E-state index contributed by atoms with van der Waals surface area (Å²) < 4.78 is 24.2. The first-order chi connectivity index (χ1) is 12.3. The summed E-state index contributed by atoms with van der Waals surface area (Å²) in [5, 5.41) is 0. The van der Waals surface area contributed by atoms with Gasteiger partial charge in [0.15, 0.2) is 6.29 Å². The second kappa shape index (κ2) is 6.41. The van der Waals surface area contributed by atoms with Gasteiger partial charge in [0.05, 0.1) is 6.61 Å². The number of aryl methyl sites for hydroxylation is 1. The van der Waals surface area contributed by atoms with Gasteiger partial charge < -0.3 is 18.9 Å². The summed E-state index contributed by atoms with van der Waals surface area (Å²) in [7, 11) is 0. The van der Waals surface area contributed by atoms with Crippen molar-refractivity contribution in [3.63, 3.8) is 0 Å². The number of fused-ring (bicyclic) bond motifs is 3. The normalized spacial score (nSPS) is 36.4. The topological polar surface area (TPSA) is 40.2 Å². The molecule has 0 aliphatic carbocycles. The fourth-order valence-electron chi connectivity index (χ4n) is 3.45. The third-order valence-corrected chi connectivity index (χ3v) is 6.02. The zero-order chi connectivity index (χ0) is 16.8. The first-order valence-electron chi connectivity index (χ1n) is 8.64. The van der Waals surface area contributed by atoms with Crippen LogP contribution in [0.15, 0.2) is 59.5 Å². The molecule has 130 valence electrons. The standard InChI is InChI=1S/C20H20O4S/c1-12-7-9-14(10-8-12)25-20-18-17(23-18)16-15(22-20)11-21-19(24-16)13-5-3-2-4-6-13/h2-10,15-20H,11H2,1H3/t15-,16-,17-,18-,19-,20+/m1/s1. The molecule has 0 bridgehead atoms. The maximum Gasteiger partial charge on any atom is 0.184 e. The number of ether oxygens (including phenoxy) is 4. The van der Waals surface area contributed by atoms with E-state index in [4.69, 9.17) is 18.9 Å². The van der Waals surface area contributed by atoms with Crippen molar-refractivity contribution >= 4 is 11.8 Å². The molecule has 5 heteroatoms. The Morgan fingerprint density at radius 2 is 1.64 bits per heavy atom. The molecule has 2 aromatic rings. The van der Waals surface area contributed by atoms with E-state index in [1.165, 1.54) is 10.5 Å². The summed E-state index contributed by atoms with van der Waals surface area (Å²) in [6, 6.07) is 18.5. The lowest BCUT2D eigenvalue weighted by Crippen LogP contribution is -2.51. The minimum Gasteiger partial charge on any atom is -0.363 e. The van der Waals surface area contributed by atoms with E-state index in [1.54, 1.807) is 11.8 Å². The van der Waals surface area contributed by atoms with Crippen LogP contribution in [0.4, 0.5) is 0 Å². The van der Waals surface area contributed by atoms with Crippen LogP contribution in [0.1, 0.15) is 17.4 Å². The average molecular weight is 356 g/mol. The highest BCUT2D eigenvalue weighted by Crippen LogP contribution is 2.47. The van der Waals surface area contributed by atoms with Gasteiger partial charge in [0.2, 0.25) is 0 Å². The van der Waals surface area contributed by atoms with E-state index in [2.05, 4.69) is 31.2 Å². The maximum absolute atomic E-state index is 6.25. The van der Waals surface area contributed by atoms with Gasteiger partial charge in [-0.2, -0.15) is 0 Å². The Morgan fingerprint density at radius 1 is 0.840 bits per heavy atom. The highest BCUT2D eigenvalue weighted by Gasteiger charge is 2.60. The van der Waals surface area contributed by atoms with E-state index >= 15 is 0 Å². The van der Waals surface area contributed by atoms with Crippen LogP contribution in [0.3, 0.4) is 0 Å². The van der Waals surface area contributed by atoms with Crippen LogP contribution in [0.2, 0.25) is 0 Å². The quantitative estimate of drug-likeness (QED) is 0.785. The van der Waals surface area contributed by atoms with Crippen molar-refractivity contribution < 1.29 is 18.9 Å². The molecule has 3 aliphatic rings. The zero-order valence-electron chi connectivity index (χ0n) is 13.9. The number of benzene rings is 2. The van der Waals surface area contributed by atoms with Gasteiger partial charge in [-0.3, -0.25) is 0 Å². The third-order valence-electron chi connectivity index (χ3n) is 4.87. The number of epoxide rings is 1. The maximum atomic E-state index is 6.25. The molecule has 0 spiro atoms. The Hall–Kier alpha value is -1.37. The molecule has 3 heterocycles. The van der Waals surface area contributed by atoms with Crippen LogP contribution in [-0.2, 0) is 18.9 Å². The lowest BCUT2D eigenvalue weighted by atomic mass is 10.0. The first-order valence-corrected chi connectivity index (χ1v) is 9.52. The van der Waals surface area contributed by atoms with Crippen LogP contribution in [0.25, 0.3) is 0 Å². The molecule has 3 fully saturated rings. The Labute approximate surface area is 151 Å². The minimum atomic E-state index is -0.336. The molecule has 0 aromatic heterocycles. The lowest BCUT2D eigenvalue weighted by Gasteiger charge is -2.39. The van der Waals surface area contributed by atoms with E-state index < -0.39 is 0 Å². The molecular formula is C20H20O4S. The lowest BCUT2D eigenvalue weighted by molar-refractivity contribution is -0.276. The van der Waals surface area contributed by atoms with Crippen molar-refractivity contribution in [3.05, 3.63) is 65.7 Å². The van der Waals surface area contributed by atoms with Crippen molar-refractivity contribution in [1.82, 2.24) is 0 Å². The summed E-state index contributed by atoms with van der Waals surface area (Å²) in [5.74, 6) is 0. The van der Waals surface area contributed by atoms with E-state index in [0.717, 1.165) is 5.56 Å². The van der Waals surface area contributed by atoms with Crippen LogP contribution in [-0.4, -0.2) is 36.5 Å². The third kappa shape index (κ3) is 3.11. The van der Waals surface area contributed by atoms with Gasteiger partial charge in [-0.05, 0) is 19.1 Å². The number of hydrogen-bond donors (Lipinski definition) is 0. The van der Waals surface area contributed by atoms with E-state index in [-0.39, 0.29) is 36.1 Å². The summed E-state index contributed by atoms with van der Waals surface area (Å²) in [6.45, 7) is 2.62. The molecule has 5 rings (SSSR count). The number of thioether (sulfide) groups is 1. The largest absolute Gasteiger partial charge is 0.363 e. The zero-order valence-corrected chi connectivity index (χ0v) is 14.7. The van der Waals surface area contributed by atoms with Crippen molar-refractivity contribution in [3.8, 4) is 0 Å². The van der Waals surface area contributed by atoms with Gasteiger partial charge in [-0.15, -0.1) is 0 Å². The molecule has 6 atom stereocenters. The summed E-state index contributed by atoms with van der Waals surface area (Å²) in [5.41, 5.74) is 2.29. The highest BCUT2D eigenvalue weighted by molar-refractivity contribution is 7.99. The molecule has 0 saturated carbocycles. The molecule has 0 radical (unpaired) electrons. The highest BCUT2D eigenvalue weighted by atomic mass is 32.2. The Kier molecular flexibility index (Phi) is 4.07. The summed E-state index contributed by atoms with van der Waals surface area (Å²) in [6.07, 6.45) is -0.262. The Morgan fingerprint density at radius 3 is 2.44 bits per heavy atom. The van der Waals surface area contributed by atoms with Gasteiger partial charge >= 0.3 is 0 Å². The Balaban J connectivity index is 1.26. The van der Waals surface area contributed by atoms with Crippen molar-refractivity contribution in [2.24, 2.45) is 0 Å². The first kappa shape index (κ1) is 15.9. The van der Waals surface area contributed by atoms with Crippen molar-refractivity contribution in [2.75, 3.05) is 6.61 Å². The Bertz CT molecular complexity index is 735. The molecule has 0 N–H and O–H groups in total. The van der Waals surface area contributed by atoms with E-state index in [1.807, 2.05) is 30.3 Å². The van der Waals surface area contributed by atoms with Gasteiger partial charge in [-0.1, -0.05) is 59.8 Å². The predicted molar refractivity (Wildman–Crippen MR) is 94.4 cm³/mol. The van der Waals surface area contributed by atoms with E-state index in [9.17, 15) is 0 Å². The van der Waals surface area contributed by atoms with Crippen LogP contribution < -0.4 is 0 Å². The van der Waals surface area contributed by atoms with Crippen LogP contribution in [0.5, 0.6) is 0 Å². The van der Waals surface area contributed by atoms with Crippen LogP contribution in [0, 0.1) is 6.92 Å². The van der Waals surface area contributed by atoms with Gasteiger partial charge in [0.25, 0.3) is 0 Å². The molecule has 0 amide bonds. The summed E-state index contributed by atoms with van der Waals surface area (Å²) in [4.78, 5) is 1.20.